The van der Waals surface area contributed by atoms with E-state index in [9.17, 15) is 8.78 Å². The molecule has 108 valence electrons. The number of likely N-dealkylation sites (N-methyl/N-ethyl adjacent to an activating group) is 1. The summed E-state index contributed by atoms with van der Waals surface area (Å²) < 4.78 is 26.2. The van der Waals surface area contributed by atoms with Gasteiger partial charge in [0, 0.05) is 12.1 Å². The summed E-state index contributed by atoms with van der Waals surface area (Å²) in [6, 6.07) is 4.06. The normalized spacial score (nSPS) is 12.6. The fourth-order valence-electron chi connectivity index (χ4n) is 2.36. The summed E-state index contributed by atoms with van der Waals surface area (Å²) in [6.45, 7) is 2.20. The Labute approximate surface area is 115 Å². The highest BCUT2D eigenvalue weighted by atomic mass is 19.1. The Balaban J connectivity index is 2.38. The van der Waals surface area contributed by atoms with E-state index in [1.165, 1.54) is 44.2 Å². The number of rotatable bonds is 9. The van der Waals surface area contributed by atoms with E-state index in [4.69, 9.17) is 0 Å². The molecule has 1 aromatic rings. The minimum Gasteiger partial charge on any atom is -0.317 e. The SMILES string of the molecule is CCCCCCCC(Cc1cc(F)cc(F)c1)NC. The average molecular weight is 269 g/mol. The topological polar surface area (TPSA) is 12.0 Å². The van der Waals surface area contributed by atoms with Crippen molar-refractivity contribution >= 4 is 0 Å². The number of hydrogen-bond acceptors (Lipinski definition) is 1. The van der Waals surface area contributed by atoms with Gasteiger partial charge in [0.2, 0.25) is 0 Å². The minimum atomic E-state index is -0.493. The molecule has 0 aliphatic rings. The van der Waals surface area contributed by atoms with Gasteiger partial charge >= 0.3 is 0 Å². The first-order valence-electron chi connectivity index (χ1n) is 7.28. The fourth-order valence-corrected chi connectivity index (χ4v) is 2.36. The zero-order valence-corrected chi connectivity index (χ0v) is 12.0. The van der Waals surface area contributed by atoms with Crippen LogP contribution in [0.2, 0.25) is 0 Å². The van der Waals surface area contributed by atoms with Crippen LogP contribution in [0.4, 0.5) is 8.78 Å². The number of benzene rings is 1. The van der Waals surface area contributed by atoms with Gasteiger partial charge in [-0.3, -0.25) is 0 Å². The molecule has 0 bridgehead atoms. The molecule has 0 aliphatic heterocycles. The monoisotopic (exact) mass is 269 g/mol. The molecule has 0 saturated heterocycles. The Morgan fingerprint density at radius 2 is 1.63 bits per heavy atom. The van der Waals surface area contributed by atoms with Gasteiger partial charge in [-0.2, -0.15) is 0 Å². The third-order valence-corrected chi connectivity index (χ3v) is 3.47. The van der Waals surface area contributed by atoms with Gasteiger partial charge in [-0.1, -0.05) is 39.0 Å². The van der Waals surface area contributed by atoms with E-state index in [0.717, 1.165) is 18.1 Å². The first kappa shape index (κ1) is 16.1. The lowest BCUT2D eigenvalue weighted by Crippen LogP contribution is -2.27. The summed E-state index contributed by atoms with van der Waals surface area (Å²) in [5.41, 5.74) is 0.727. The molecule has 1 atom stereocenters. The summed E-state index contributed by atoms with van der Waals surface area (Å²) in [4.78, 5) is 0. The molecule has 1 N–H and O–H groups in total. The van der Waals surface area contributed by atoms with Crippen molar-refractivity contribution in [3.05, 3.63) is 35.4 Å². The lowest BCUT2D eigenvalue weighted by atomic mass is 10.00. The Kier molecular flexibility index (Phi) is 7.65. The van der Waals surface area contributed by atoms with Crippen LogP contribution in [0.5, 0.6) is 0 Å². The molecule has 0 spiro atoms. The van der Waals surface area contributed by atoms with Crippen LogP contribution >= 0.6 is 0 Å². The molecular formula is C16H25F2N. The Morgan fingerprint density at radius 3 is 2.21 bits per heavy atom. The molecule has 0 aromatic heterocycles. The second-order valence-corrected chi connectivity index (χ2v) is 5.17. The molecule has 1 nitrogen and oxygen atoms in total. The second kappa shape index (κ2) is 9.03. The van der Waals surface area contributed by atoms with E-state index in [0.29, 0.717) is 12.5 Å². The lowest BCUT2D eigenvalue weighted by molar-refractivity contribution is 0.479. The van der Waals surface area contributed by atoms with Crippen LogP contribution in [-0.4, -0.2) is 13.1 Å². The smallest absolute Gasteiger partial charge is 0.126 e. The predicted octanol–water partition coefficient (Wildman–Crippen LogP) is 4.46. The molecule has 0 aliphatic carbocycles. The van der Waals surface area contributed by atoms with E-state index < -0.39 is 11.6 Å². The van der Waals surface area contributed by atoms with E-state index in [2.05, 4.69) is 12.2 Å². The van der Waals surface area contributed by atoms with Gasteiger partial charge in [-0.05, 0) is 37.6 Å². The van der Waals surface area contributed by atoms with Gasteiger partial charge < -0.3 is 5.32 Å². The van der Waals surface area contributed by atoms with Crippen molar-refractivity contribution in [1.82, 2.24) is 5.32 Å². The lowest BCUT2D eigenvalue weighted by Gasteiger charge is -2.16. The van der Waals surface area contributed by atoms with Crippen LogP contribution in [0.1, 0.15) is 51.0 Å². The van der Waals surface area contributed by atoms with Crippen molar-refractivity contribution in [1.29, 1.82) is 0 Å². The van der Waals surface area contributed by atoms with Crippen LogP contribution in [0.25, 0.3) is 0 Å². The van der Waals surface area contributed by atoms with Crippen LogP contribution in [0.3, 0.4) is 0 Å². The van der Waals surface area contributed by atoms with Crippen molar-refractivity contribution in [2.75, 3.05) is 7.05 Å². The highest BCUT2D eigenvalue weighted by Gasteiger charge is 2.09. The number of hydrogen-bond donors (Lipinski definition) is 1. The van der Waals surface area contributed by atoms with Gasteiger partial charge in [0.1, 0.15) is 11.6 Å². The molecule has 0 fully saturated rings. The first-order chi connectivity index (χ1) is 9.15. The van der Waals surface area contributed by atoms with E-state index in [-0.39, 0.29) is 0 Å². The van der Waals surface area contributed by atoms with Crippen molar-refractivity contribution in [3.8, 4) is 0 Å². The Bertz CT molecular complexity index is 346. The molecular weight excluding hydrogens is 244 g/mol. The summed E-state index contributed by atoms with van der Waals surface area (Å²) in [7, 11) is 1.91. The average Bonchev–Trinajstić information content (AvgIpc) is 2.36. The minimum absolute atomic E-state index is 0.294. The summed E-state index contributed by atoms with van der Waals surface area (Å²) in [5.74, 6) is -0.986. The second-order valence-electron chi connectivity index (χ2n) is 5.17. The zero-order chi connectivity index (χ0) is 14.1. The fraction of sp³-hybridized carbons (Fsp3) is 0.625. The highest BCUT2D eigenvalue weighted by Crippen LogP contribution is 2.14. The third kappa shape index (κ3) is 6.67. The molecule has 1 unspecified atom stereocenters. The number of unbranched alkanes of at least 4 members (excludes halogenated alkanes) is 4. The van der Waals surface area contributed by atoms with E-state index in [1.54, 1.807) is 0 Å². The maximum absolute atomic E-state index is 13.1. The Hall–Kier alpha value is -0.960. The zero-order valence-electron chi connectivity index (χ0n) is 12.0. The van der Waals surface area contributed by atoms with Crippen molar-refractivity contribution < 1.29 is 8.78 Å². The summed E-state index contributed by atoms with van der Waals surface area (Å²) in [6.07, 6.45) is 7.96. The van der Waals surface area contributed by atoms with Crippen LogP contribution in [0.15, 0.2) is 18.2 Å². The third-order valence-electron chi connectivity index (χ3n) is 3.47. The molecule has 0 amide bonds. The molecule has 0 saturated carbocycles. The molecule has 0 radical (unpaired) electrons. The van der Waals surface area contributed by atoms with Crippen LogP contribution in [-0.2, 0) is 6.42 Å². The van der Waals surface area contributed by atoms with Crippen molar-refractivity contribution in [3.63, 3.8) is 0 Å². The van der Waals surface area contributed by atoms with Gasteiger partial charge in [-0.25, -0.2) is 8.78 Å². The van der Waals surface area contributed by atoms with Gasteiger partial charge in [0.05, 0.1) is 0 Å². The molecule has 0 heterocycles. The van der Waals surface area contributed by atoms with Gasteiger partial charge in [-0.15, -0.1) is 0 Å². The summed E-state index contributed by atoms with van der Waals surface area (Å²) >= 11 is 0. The maximum Gasteiger partial charge on any atom is 0.126 e. The predicted molar refractivity (Wildman–Crippen MR) is 76.3 cm³/mol. The van der Waals surface area contributed by atoms with Crippen LogP contribution < -0.4 is 5.32 Å². The molecule has 19 heavy (non-hydrogen) atoms. The largest absolute Gasteiger partial charge is 0.317 e. The van der Waals surface area contributed by atoms with Crippen molar-refractivity contribution in [2.24, 2.45) is 0 Å². The standard InChI is InChI=1S/C16H25F2N/c1-3-4-5-6-7-8-16(19-2)11-13-9-14(17)12-15(18)10-13/h9-10,12,16,19H,3-8,11H2,1-2H3. The highest BCUT2D eigenvalue weighted by molar-refractivity contribution is 5.18. The summed E-state index contributed by atoms with van der Waals surface area (Å²) in [5, 5.41) is 3.24. The van der Waals surface area contributed by atoms with Crippen LogP contribution in [0, 0.1) is 11.6 Å². The molecule has 3 heteroatoms. The first-order valence-corrected chi connectivity index (χ1v) is 7.28. The Morgan fingerprint density at radius 1 is 1.00 bits per heavy atom. The number of nitrogens with one attached hydrogen (secondary N) is 1. The van der Waals surface area contributed by atoms with Gasteiger partial charge in [0.15, 0.2) is 0 Å². The van der Waals surface area contributed by atoms with E-state index in [1.807, 2.05) is 7.05 Å². The molecule has 1 aromatic carbocycles. The molecule has 1 rings (SSSR count). The maximum atomic E-state index is 13.1. The van der Waals surface area contributed by atoms with Gasteiger partial charge in [0.25, 0.3) is 0 Å². The quantitative estimate of drug-likeness (QED) is 0.653. The number of halogens is 2. The van der Waals surface area contributed by atoms with E-state index >= 15 is 0 Å². The van der Waals surface area contributed by atoms with Crippen molar-refractivity contribution in [2.45, 2.75) is 57.9 Å².